The third-order valence-corrected chi connectivity index (χ3v) is 2.10. The number of aldehydes is 1. The van der Waals surface area contributed by atoms with E-state index in [-0.39, 0.29) is 6.10 Å². The summed E-state index contributed by atoms with van der Waals surface area (Å²) >= 11 is 0. The lowest BCUT2D eigenvalue weighted by Gasteiger charge is -2.26. The van der Waals surface area contributed by atoms with Crippen molar-refractivity contribution in [3.63, 3.8) is 0 Å². The predicted molar refractivity (Wildman–Crippen MR) is 36.9 cm³/mol. The first kappa shape index (κ1) is 7.21. The Hall–Kier alpha value is -0.450. The van der Waals surface area contributed by atoms with Crippen LogP contribution in [0.5, 0.6) is 0 Å². The van der Waals surface area contributed by atoms with Crippen LogP contribution < -0.4 is 0 Å². The number of nitrogens with zero attached hydrogens (tertiary/aromatic N) is 1. The Labute approximate surface area is 65.0 Å². The third kappa shape index (κ3) is 1.29. The molecule has 2 atom stereocenters. The molecule has 0 aromatic carbocycles. The maximum absolute atomic E-state index is 10.4. The van der Waals surface area contributed by atoms with E-state index in [0.717, 1.165) is 19.3 Å². The number of ether oxygens (including phenoxy) is 1. The van der Waals surface area contributed by atoms with Gasteiger partial charge in [-0.25, -0.2) is 0 Å². The van der Waals surface area contributed by atoms with Crippen LogP contribution in [0.25, 0.3) is 0 Å². The van der Waals surface area contributed by atoms with Crippen LogP contribution in [0, 0.1) is 0 Å². The molecule has 2 saturated heterocycles. The van der Waals surface area contributed by atoms with Gasteiger partial charge in [0.05, 0.1) is 19.3 Å². The van der Waals surface area contributed by atoms with Crippen molar-refractivity contribution in [3.05, 3.63) is 0 Å². The summed E-state index contributed by atoms with van der Waals surface area (Å²) in [5.74, 6) is 0. The fraction of sp³-hybridized carbons (Fsp3) is 0.857. The number of morpholine rings is 1. The Morgan fingerprint density at radius 2 is 2.45 bits per heavy atom. The molecule has 2 rings (SSSR count). The molecule has 0 radical (unpaired) electrons. The van der Waals surface area contributed by atoms with E-state index in [0.29, 0.717) is 19.3 Å². The standard InChI is InChI=1S/C7H11NO3/c9-4-7-3-6-5-10-2-1-8(6)11-7/h4,6-7H,1-3,5H2/t6-,7+/m1/s1. The van der Waals surface area contributed by atoms with Gasteiger partial charge in [-0.1, -0.05) is 0 Å². The van der Waals surface area contributed by atoms with Crippen LogP contribution >= 0.6 is 0 Å². The third-order valence-electron chi connectivity index (χ3n) is 2.10. The van der Waals surface area contributed by atoms with Crippen molar-refractivity contribution in [2.45, 2.75) is 18.6 Å². The molecule has 4 heteroatoms. The highest BCUT2D eigenvalue weighted by Crippen LogP contribution is 2.21. The quantitative estimate of drug-likeness (QED) is 0.485. The highest BCUT2D eigenvalue weighted by Gasteiger charge is 2.35. The molecule has 2 fully saturated rings. The second-order valence-corrected chi connectivity index (χ2v) is 2.89. The van der Waals surface area contributed by atoms with Gasteiger partial charge in [0.2, 0.25) is 0 Å². The van der Waals surface area contributed by atoms with Crippen LogP contribution in [0.3, 0.4) is 0 Å². The Bertz CT molecular complexity index is 148. The summed E-state index contributed by atoms with van der Waals surface area (Å²) in [7, 11) is 0. The molecular formula is C7H11NO3. The molecule has 0 unspecified atom stereocenters. The van der Waals surface area contributed by atoms with Gasteiger partial charge in [-0.2, -0.15) is 5.06 Å². The molecule has 0 aliphatic carbocycles. The summed E-state index contributed by atoms with van der Waals surface area (Å²) < 4.78 is 5.24. The molecule has 4 nitrogen and oxygen atoms in total. The second kappa shape index (κ2) is 2.89. The number of rotatable bonds is 1. The van der Waals surface area contributed by atoms with Gasteiger partial charge in [0, 0.05) is 13.0 Å². The minimum absolute atomic E-state index is 0.235. The van der Waals surface area contributed by atoms with Crippen molar-refractivity contribution in [3.8, 4) is 0 Å². The van der Waals surface area contributed by atoms with Gasteiger partial charge in [0.25, 0.3) is 0 Å². The summed E-state index contributed by atoms with van der Waals surface area (Å²) in [5.41, 5.74) is 0. The first-order valence-electron chi connectivity index (χ1n) is 3.86. The fourth-order valence-corrected chi connectivity index (χ4v) is 1.53. The molecule has 0 aromatic rings. The highest BCUT2D eigenvalue weighted by atomic mass is 16.7. The zero-order valence-corrected chi connectivity index (χ0v) is 6.23. The first-order valence-corrected chi connectivity index (χ1v) is 3.86. The van der Waals surface area contributed by atoms with Gasteiger partial charge in [-0.05, 0) is 0 Å². The molecule has 62 valence electrons. The molecule has 0 bridgehead atoms. The zero-order valence-electron chi connectivity index (χ0n) is 6.23. The molecule has 0 saturated carbocycles. The van der Waals surface area contributed by atoms with E-state index < -0.39 is 0 Å². The van der Waals surface area contributed by atoms with Crippen molar-refractivity contribution < 1.29 is 14.4 Å². The Morgan fingerprint density at radius 3 is 3.18 bits per heavy atom. The minimum atomic E-state index is -0.235. The second-order valence-electron chi connectivity index (χ2n) is 2.89. The molecule has 0 amide bonds. The maximum atomic E-state index is 10.4. The number of hydrogen-bond acceptors (Lipinski definition) is 4. The van der Waals surface area contributed by atoms with Gasteiger partial charge < -0.3 is 9.53 Å². The summed E-state index contributed by atoms with van der Waals surface area (Å²) in [5, 5.41) is 1.86. The van der Waals surface area contributed by atoms with Crippen LogP contribution in [-0.2, 0) is 14.4 Å². The van der Waals surface area contributed by atoms with Crippen molar-refractivity contribution in [1.29, 1.82) is 0 Å². The van der Waals surface area contributed by atoms with Crippen LogP contribution in [0.2, 0.25) is 0 Å². The van der Waals surface area contributed by atoms with Gasteiger partial charge in [0.15, 0.2) is 6.29 Å². The highest BCUT2D eigenvalue weighted by molar-refractivity contribution is 5.56. The molecule has 0 aromatic heterocycles. The lowest BCUT2D eigenvalue weighted by Crippen LogP contribution is -2.39. The molecule has 2 heterocycles. The van der Waals surface area contributed by atoms with E-state index in [4.69, 9.17) is 9.57 Å². The van der Waals surface area contributed by atoms with Gasteiger partial charge >= 0.3 is 0 Å². The van der Waals surface area contributed by atoms with E-state index in [9.17, 15) is 4.79 Å². The van der Waals surface area contributed by atoms with Crippen molar-refractivity contribution in [1.82, 2.24) is 5.06 Å². The van der Waals surface area contributed by atoms with E-state index >= 15 is 0 Å². The smallest absolute Gasteiger partial charge is 0.150 e. The topological polar surface area (TPSA) is 38.8 Å². The number of hydroxylamine groups is 2. The number of carbonyl (C=O) groups is 1. The van der Waals surface area contributed by atoms with E-state index in [1.165, 1.54) is 0 Å². The average molecular weight is 157 g/mol. The SMILES string of the molecule is O=C[C@@H]1C[C@@H]2COCCN2O1. The van der Waals surface area contributed by atoms with Crippen LogP contribution in [-0.4, -0.2) is 43.3 Å². The van der Waals surface area contributed by atoms with E-state index in [1.807, 2.05) is 5.06 Å². The molecular weight excluding hydrogens is 146 g/mol. The van der Waals surface area contributed by atoms with E-state index in [2.05, 4.69) is 0 Å². The largest absolute Gasteiger partial charge is 0.378 e. The summed E-state index contributed by atoms with van der Waals surface area (Å²) in [4.78, 5) is 15.7. The normalized spacial score (nSPS) is 38.5. The number of fused-ring (bicyclic) bond motifs is 1. The van der Waals surface area contributed by atoms with Crippen molar-refractivity contribution in [2.24, 2.45) is 0 Å². The predicted octanol–water partition coefficient (Wildman–Crippen LogP) is -0.410. The Kier molecular flexibility index (Phi) is 1.89. The lowest BCUT2D eigenvalue weighted by atomic mass is 10.1. The maximum Gasteiger partial charge on any atom is 0.150 e. The summed E-state index contributed by atoms with van der Waals surface area (Å²) in [6.45, 7) is 2.20. The van der Waals surface area contributed by atoms with Crippen molar-refractivity contribution >= 4 is 6.29 Å². The fourth-order valence-electron chi connectivity index (χ4n) is 1.53. The Balaban J connectivity index is 1.97. The number of carbonyl (C=O) groups excluding carboxylic acids is 1. The molecule has 11 heavy (non-hydrogen) atoms. The number of hydrogen-bond donors (Lipinski definition) is 0. The van der Waals surface area contributed by atoms with Crippen molar-refractivity contribution in [2.75, 3.05) is 19.8 Å². The molecule has 0 spiro atoms. The first-order chi connectivity index (χ1) is 5.40. The Morgan fingerprint density at radius 1 is 1.55 bits per heavy atom. The van der Waals surface area contributed by atoms with Gasteiger partial charge in [-0.3, -0.25) is 4.84 Å². The van der Waals surface area contributed by atoms with E-state index in [1.54, 1.807) is 0 Å². The van der Waals surface area contributed by atoms with Crippen LogP contribution in [0.4, 0.5) is 0 Å². The summed E-state index contributed by atoms with van der Waals surface area (Å²) in [6, 6.07) is 0.305. The van der Waals surface area contributed by atoms with Crippen LogP contribution in [0.1, 0.15) is 6.42 Å². The molecule has 0 N–H and O–H groups in total. The average Bonchev–Trinajstić information content (AvgIpc) is 2.46. The monoisotopic (exact) mass is 157 g/mol. The molecule has 2 aliphatic heterocycles. The summed E-state index contributed by atoms with van der Waals surface area (Å²) in [6.07, 6.45) is 1.41. The van der Waals surface area contributed by atoms with Gasteiger partial charge in [-0.15, -0.1) is 0 Å². The zero-order chi connectivity index (χ0) is 7.68. The lowest BCUT2D eigenvalue weighted by molar-refractivity contribution is -0.193. The van der Waals surface area contributed by atoms with Crippen LogP contribution in [0.15, 0.2) is 0 Å². The molecule has 2 aliphatic rings. The minimum Gasteiger partial charge on any atom is -0.378 e. The van der Waals surface area contributed by atoms with Gasteiger partial charge in [0.1, 0.15) is 6.10 Å².